The minimum Gasteiger partial charge on any atom is -0.497 e. The van der Waals surface area contributed by atoms with Gasteiger partial charge in [0.05, 0.1) is 29.3 Å². The van der Waals surface area contributed by atoms with Crippen molar-refractivity contribution in [1.29, 1.82) is 0 Å². The predicted molar refractivity (Wildman–Crippen MR) is 85.0 cm³/mol. The molecular weight excluding hydrogens is 312 g/mol. The first kappa shape index (κ1) is 16.1. The molecule has 0 bridgehead atoms. The summed E-state index contributed by atoms with van der Waals surface area (Å²) in [4.78, 5) is 4.53. The summed E-state index contributed by atoms with van der Waals surface area (Å²) in [5, 5.41) is -0.314. The number of fused-ring (bicyclic) bond motifs is 1. The molecule has 2 aromatic rings. The highest BCUT2D eigenvalue weighted by Crippen LogP contribution is 2.30. The SMILES string of the molecule is COc1ccc2c(c1)nc(C(C)Cl)n2C(C)CS(C)(=O)=O. The molecule has 2 atom stereocenters. The van der Waals surface area contributed by atoms with Crippen LogP contribution in [0.4, 0.5) is 0 Å². The van der Waals surface area contributed by atoms with E-state index in [9.17, 15) is 8.42 Å². The van der Waals surface area contributed by atoms with Crippen LogP contribution >= 0.6 is 11.6 Å². The number of benzene rings is 1. The van der Waals surface area contributed by atoms with Crippen molar-refractivity contribution < 1.29 is 13.2 Å². The molecule has 2 rings (SSSR count). The number of sulfone groups is 1. The number of ether oxygens (including phenoxy) is 1. The number of alkyl halides is 1. The minimum absolute atomic E-state index is 0.0428. The molecule has 21 heavy (non-hydrogen) atoms. The highest BCUT2D eigenvalue weighted by molar-refractivity contribution is 7.90. The Balaban J connectivity index is 2.61. The fourth-order valence-corrected chi connectivity index (χ4v) is 3.66. The molecule has 0 radical (unpaired) electrons. The maximum absolute atomic E-state index is 11.6. The molecule has 2 unspecified atom stereocenters. The summed E-state index contributed by atoms with van der Waals surface area (Å²) in [7, 11) is -1.50. The summed E-state index contributed by atoms with van der Waals surface area (Å²) >= 11 is 6.20. The van der Waals surface area contributed by atoms with Gasteiger partial charge in [0.25, 0.3) is 0 Å². The molecule has 7 heteroatoms. The topological polar surface area (TPSA) is 61.2 Å². The molecule has 0 aliphatic rings. The Labute approximate surface area is 129 Å². The second-order valence-corrected chi connectivity index (χ2v) is 8.09. The molecule has 1 aromatic heterocycles. The first-order valence-corrected chi connectivity index (χ1v) is 9.10. The summed E-state index contributed by atoms with van der Waals surface area (Å²) < 4.78 is 30.2. The van der Waals surface area contributed by atoms with Crippen LogP contribution in [0.3, 0.4) is 0 Å². The number of rotatable bonds is 5. The number of nitrogens with zero attached hydrogens (tertiary/aromatic N) is 2. The van der Waals surface area contributed by atoms with Crippen molar-refractivity contribution in [3.05, 3.63) is 24.0 Å². The van der Waals surface area contributed by atoms with E-state index >= 15 is 0 Å². The first-order valence-electron chi connectivity index (χ1n) is 6.60. The van der Waals surface area contributed by atoms with E-state index in [0.29, 0.717) is 11.6 Å². The molecule has 0 N–H and O–H groups in total. The maximum atomic E-state index is 11.6. The predicted octanol–water partition coefficient (Wildman–Crippen LogP) is 2.95. The van der Waals surface area contributed by atoms with Crippen LogP contribution in [-0.4, -0.2) is 37.1 Å². The van der Waals surface area contributed by atoms with Crippen LogP contribution in [0.2, 0.25) is 0 Å². The van der Waals surface area contributed by atoms with Crippen molar-refractivity contribution >= 4 is 32.5 Å². The van der Waals surface area contributed by atoms with Gasteiger partial charge in [0, 0.05) is 18.4 Å². The molecule has 1 heterocycles. The largest absolute Gasteiger partial charge is 0.497 e. The second-order valence-electron chi connectivity index (χ2n) is 5.25. The molecule has 0 saturated heterocycles. The van der Waals surface area contributed by atoms with Crippen molar-refractivity contribution in [3.8, 4) is 5.75 Å². The van der Waals surface area contributed by atoms with Crippen molar-refractivity contribution in [1.82, 2.24) is 9.55 Å². The lowest BCUT2D eigenvalue weighted by Crippen LogP contribution is -2.18. The van der Waals surface area contributed by atoms with E-state index in [1.54, 1.807) is 7.11 Å². The van der Waals surface area contributed by atoms with Gasteiger partial charge in [-0.3, -0.25) is 0 Å². The molecule has 0 saturated carbocycles. The van der Waals surface area contributed by atoms with E-state index in [-0.39, 0.29) is 17.2 Å². The second kappa shape index (κ2) is 5.85. The lowest BCUT2D eigenvalue weighted by molar-refractivity contribution is 0.415. The van der Waals surface area contributed by atoms with E-state index in [1.807, 2.05) is 36.6 Å². The van der Waals surface area contributed by atoms with E-state index in [1.165, 1.54) is 6.26 Å². The van der Waals surface area contributed by atoms with E-state index in [4.69, 9.17) is 16.3 Å². The molecule has 0 aliphatic heterocycles. The van der Waals surface area contributed by atoms with Crippen LogP contribution < -0.4 is 4.74 Å². The molecule has 0 amide bonds. The minimum atomic E-state index is -3.09. The Kier molecular flexibility index (Phi) is 4.49. The van der Waals surface area contributed by atoms with Gasteiger partial charge in [-0.1, -0.05) is 0 Å². The van der Waals surface area contributed by atoms with E-state index < -0.39 is 9.84 Å². The van der Waals surface area contributed by atoms with Gasteiger partial charge in [0.2, 0.25) is 0 Å². The average molecular weight is 331 g/mol. The fraction of sp³-hybridized carbons (Fsp3) is 0.500. The Morgan fingerprint density at radius 3 is 2.57 bits per heavy atom. The highest BCUT2D eigenvalue weighted by Gasteiger charge is 2.21. The van der Waals surface area contributed by atoms with Gasteiger partial charge in [-0.05, 0) is 26.0 Å². The van der Waals surface area contributed by atoms with Gasteiger partial charge in [-0.2, -0.15) is 0 Å². The molecule has 116 valence electrons. The molecule has 0 fully saturated rings. The summed E-state index contributed by atoms with van der Waals surface area (Å²) in [6.45, 7) is 3.68. The average Bonchev–Trinajstić information content (AvgIpc) is 2.74. The number of hydrogen-bond acceptors (Lipinski definition) is 4. The van der Waals surface area contributed by atoms with Crippen molar-refractivity contribution in [2.45, 2.75) is 25.3 Å². The molecular formula is C14H19ClN2O3S. The van der Waals surface area contributed by atoms with Gasteiger partial charge < -0.3 is 9.30 Å². The third-order valence-corrected chi connectivity index (χ3v) is 4.55. The molecule has 5 nitrogen and oxygen atoms in total. The molecule has 0 spiro atoms. The number of hydrogen-bond donors (Lipinski definition) is 0. The van der Waals surface area contributed by atoms with Gasteiger partial charge in [0.15, 0.2) is 0 Å². The van der Waals surface area contributed by atoms with Gasteiger partial charge in [-0.25, -0.2) is 13.4 Å². The third kappa shape index (κ3) is 3.49. The fourth-order valence-electron chi connectivity index (χ4n) is 2.48. The number of imidazole rings is 1. The Hall–Kier alpha value is -1.27. The lowest BCUT2D eigenvalue weighted by Gasteiger charge is -2.17. The number of aromatic nitrogens is 2. The monoisotopic (exact) mass is 330 g/mol. The van der Waals surface area contributed by atoms with Crippen LogP contribution in [0.1, 0.15) is 31.1 Å². The molecule has 0 aliphatic carbocycles. The summed E-state index contributed by atoms with van der Waals surface area (Å²) in [6.07, 6.45) is 1.23. The maximum Gasteiger partial charge on any atom is 0.149 e. The standard InChI is InChI=1S/C14H19ClN2O3S/c1-9(8-21(4,18)19)17-13-6-5-11(20-3)7-12(13)16-14(17)10(2)15/h5-7,9-10H,8H2,1-4H3. The smallest absolute Gasteiger partial charge is 0.149 e. The summed E-state index contributed by atoms with van der Waals surface area (Å²) in [5.41, 5.74) is 1.60. The van der Waals surface area contributed by atoms with Crippen molar-refractivity contribution in [2.75, 3.05) is 19.1 Å². The zero-order valence-electron chi connectivity index (χ0n) is 12.5. The van der Waals surface area contributed by atoms with Gasteiger partial charge in [0.1, 0.15) is 21.4 Å². The quantitative estimate of drug-likeness (QED) is 0.791. The van der Waals surface area contributed by atoms with E-state index in [2.05, 4.69) is 4.98 Å². The lowest BCUT2D eigenvalue weighted by atomic mass is 10.2. The number of halogens is 1. The zero-order chi connectivity index (χ0) is 15.8. The number of methoxy groups -OCH3 is 1. The summed E-state index contributed by atoms with van der Waals surface area (Å²) in [5.74, 6) is 1.41. The van der Waals surface area contributed by atoms with Crippen LogP contribution in [0.5, 0.6) is 5.75 Å². The van der Waals surface area contributed by atoms with Crippen LogP contribution in [0.25, 0.3) is 11.0 Å². The van der Waals surface area contributed by atoms with Crippen molar-refractivity contribution in [2.24, 2.45) is 0 Å². The Morgan fingerprint density at radius 1 is 1.38 bits per heavy atom. The van der Waals surface area contributed by atoms with Crippen LogP contribution in [0.15, 0.2) is 18.2 Å². The Morgan fingerprint density at radius 2 is 2.05 bits per heavy atom. The molecule has 1 aromatic carbocycles. The normalized spacial score (nSPS) is 15.1. The van der Waals surface area contributed by atoms with Crippen LogP contribution in [0, 0.1) is 0 Å². The highest BCUT2D eigenvalue weighted by atomic mass is 35.5. The van der Waals surface area contributed by atoms with Crippen LogP contribution in [-0.2, 0) is 9.84 Å². The third-order valence-electron chi connectivity index (χ3n) is 3.26. The Bertz CT molecular complexity index is 753. The first-order chi connectivity index (χ1) is 9.73. The van der Waals surface area contributed by atoms with Gasteiger partial charge in [-0.15, -0.1) is 11.6 Å². The van der Waals surface area contributed by atoms with E-state index in [0.717, 1.165) is 11.0 Å². The zero-order valence-corrected chi connectivity index (χ0v) is 14.1. The summed E-state index contributed by atoms with van der Waals surface area (Å²) in [6, 6.07) is 5.29. The van der Waals surface area contributed by atoms with Gasteiger partial charge >= 0.3 is 0 Å². The van der Waals surface area contributed by atoms with Crippen molar-refractivity contribution in [3.63, 3.8) is 0 Å².